The maximum atomic E-state index is 13.3. The Morgan fingerprint density at radius 3 is 1.55 bits per heavy atom. The smallest absolute Gasteiger partial charge is 0.408 e. The van der Waals surface area contributed by atoms with Crippen molar-refractivity contribution in [2.75, 3.05) is 19.8 Å². The van der Waals surface area contributed by atoms with Crippen LogP contribution >= 0.6 is 7.82 Å². The molecule has 1 rings (SSSR count). The Bertz CT molecular complexity index is 914. The SMILES string of the molecule is CCCCCCCCCCCCC/C=C/[C@@H](O[Si](C)(C)C(C)(C)C)[C@H](COP1(=O)OCCO1)NC(=O)CCCCCCCCCC[13CH2]CCCC. The van der Waals surface area contributed by atoms with E-state index < -0.39 is 28.3 Å². The summed E-state index contributed by atoms with van der Waals surface area (Å²) in [7, 11) is -5.84. The Morgan fingerprint density at radius 1 is 0.706 bits per heavy atom. The maximum Gasteiger partial charge on any atom is 0.475 e. The summed E-state index contributed by atoms with van der Waals surface area (Å²) in [5.74, 6) is -0.0131. The summed E-state index contributed by atoms with van der Waals surface area (Å²) in [5, 5.41) is 3.21. The molecule has 7 nitrogen and oxygen atoms in total. The predicted molar refractivity (Wildman–Crippen MR) is 220 cm³/mol. The van der Waals surface area contributed by atoms with Crippen LogP contribution in [-0.4, -0.2) is 46.2 Å². The third-order valence-corrected chi connectivity index (χ3v) is 16.7. The zero-order valence-corrected chi connectivity index (χ0v) is 36.6. The minimum atomic E-state index is -3.62. The van der Waals surface area contributed by atoms with Crippen LogP contribution in [0.4, 0.5) is 0 Å². The number of amides is 1. The number of unbranched alkanes of at least 4 members (excludes halogenated alkanes) is 23. The van der Waals surface area contributed by atoms with Crippen LogP contribution in [0.5, 0.6) is 0 Å². The van der Waals surface area contributed by atoms with Crippen LogP contribution in [0.3, 0.4) is 0 Å². The average molecular weight is 759 g/mol. The first-order valence-electron chi connectivity index (χ1n) is 21.6. The molecule has 9 heteroatoms. The molecule has 1 heterocycles. The van der Waals surface area contributed by atoms with Gasteiger partial charge in [0, 0.05) is 6.42 Å². The first-order chi connectivity index (χ1) is 24.4. The van der Waals surface area contributed by atoms with Gasteiger partial charge in [-0.25, -0.2) is 4.57 Å². The molecule has 0 saturated carbocycles. The van der Waals surface area contributed by atoms with Crippen LogP contribution < -0.4 is 5.32 Å². The molecule has 1 saturated heterocycles. The normalized spacial score (nSPS) is 16.2. The number of rotatable bonds is 34. The molecular weight excluding hydrogens is 675 g/mol. The Hall–Kier alpha value is -0.503. The van der Waals surface area contributed by atoms with Crippen molar-refractivity contribution in [3.05, 3.63) is 12.2 Å². The third kappa shape index (κ3) is 25.3. The summed E-state index contributed by atoms with van der Waals surface area (Å²) < 4.78 is 36.3. The third-order valence-electron chi connectivity index (χ3n) is 10.8. The maximum absolute atomic E-state index is 13.3. The van der Waals surface area contributed by atoms with E-state index in [1.165, 1.54) is 135 Å². The van der Waals surface area contributed by atoms with E-state index >= 15 is 0 Å². The van der Waals surface area contributed by atoms with Gasteiger partial charge in [-0.15, -0.1) is 0 Å². The summed E-state index contributed by atoms with van der Waals surface area (Å²) >= 11 is 0. The Morgan fingerprint density at radius 2 is 1.12 bits per heavy atom. The number of hydrogen-bond donors (Lipinski definition) is 1. The Kier molecular flexibility index (Phi) is 28.4. The van der Waals surface area contributed by atoms with Gasteiger partial charge in [-0.05, 0) is 37.4 Å². The average Bonchev–Trinajstić information content (AvgIpc) is 3.52. The number of nitrogens with one attached hydrogen (secondary N) is 1. The van der Waals surface area contributed by atoms with Crippen molar-refractivity contribution in [2.24, 2.45) is 0 Å². The van der Waals surface area contributed by atoms with E-state index in [1.807, 2.05) is 0 Å². The van der Waals surface area contributed by atoms with Gasteiger partial charge in [0.05, 0.1) is 32.0 Å². The van der Waals surface area contributed by atoms with Crippen molar-refractivity contribution < 1.29 is 27.4 Å². The number of phosphoric acid groups is 1. The standard InChI is InChI=1S/C42H84NO6PSi/c1-8-10-12-14-16-18-20-22-24-26-28-30-32-34-40(49-51(6,7)42(3,4)5)39(38-48-50(45)46-36-37-47-50)43-41(44)35-33-31-29-27-25-23-21-19-17-15-13-11-9-2/h32,34,39-40H,8-31,33,35-38H2,1-7H3,(H,43,44)/b34-32+/t39-,40+/m0/s1/i15+1. The van der Waals surface area contributed by atoms with E-state index in [0.717, 1.165) is 25.7 Å². The minimum Gasteiger partial charge on any atom is -0.408 e. The van der Waals surface area contributed by atoms with Crippen molar-refractivity contribution in [2.45, 2.75) is 232 Å². The highest BCUT2D eigenvalue weighted by molar-refractivity contribution is 7.48. The van der Waals surface area contributed by atoms with E-state index in [1.54, 1.807) is 0 Å². The van der Waals surface area contributed by atoms with Crippen molar-refractivity contribution in [3.63, 3.8) is 0 Å². The van der Waals surface area contributed by atoms with Gasteiger partial charge in [-0.1, -0.05) is 188 Å². The molecule has 0 aromatic rings. The fraction of sp³-hybridized carbons (Fsp3) is 0.929. The molecule has 1 amide bonds. The van der Waals surface area contributed by atoms with Crippen LogP contribution in [0, 0.1) is 0 Å². The fourth-order valence-corrected chi connectivity index (χ4v) is 8.75. The molecular formula is C42H84NO6PSi. The zero-order chi connectivity index (χ0) is 37.7. The summed E-state index contributed by atoms with van der Waals surface area (Å²) in [6, 6.07) is -0.499. The van der Waals surface area contributed by atoms with Gasteiger partial charge in [-0.3, -0.25) is 18.4 Å². The molecule has 1 N–H and O–H groups in total. The van der Waals surface area contributed by atoms with Crippen LogP contribution in [0.1, 0.15) is 202 Å². The largest absolute Gasteiger partial charge is 0.475 e. The second kappa shape index (κ2) is 29.8. The van der Waals surface area contributed by atoms with E-state index in [2.05, 4.69) is 65.2 Å². The molecule has 1 aliphatic heterocycles. The van der Waals surface area contributed by atoms with Gasteiger partial charge in [0.15, 0.2) is 8.32 Å². The van der Waals surface area contributed by atoms with Gasteiger partial charge in [0.1, 0.15) is 0 Å². The fourth-order valence-electron chi connectivity index (χ4n) is 6.31. The first-order valence-corrected chi connectivity index (χ1v) is 26.0. The zero-order valence-electron chi connectivity index (χ0n) is 34.7. The van der Waals surface area contributed by atoms with Crippen molar-refractivity contribution in [1.29, 1.82) is 0 Å². The molecule has 2 atom stereocenters. The van der Waals surface area contributed by atoms with Crippen molar-refractivity contribution in [3.8, 4) is 0 Å². The van der Waals surface area contributed by atoms with Gasteiger partial charge < -0.3 is 9.74 Å². The highest BCUT2D eigenvalue weighted by atomic mass is 31.2. The van der Waals surface area contributed by atoms with E-state index in [4.69, 9.17) is 18.0 Å². The van der Waals surface area contributed by atoms with Crippen LogP contribution in [-0.2, 0) is 27.4 Å². The molecule has 302 valence electrons. The monoisotopic (exact) mass is 759 g/mol. The lowest BCUT2D eigenvalue weighted by Gasteiger charge is -2.40. The molecule has 0 unspecified atom stereocenters. The second-order valence-corrected chi connectivity index (χ2v) is 23.1. The molecule has 1 fully saturated rings. The molecule has 0 aromatic carbocycles. The van der Waals surface area contributed by atoms with Crippen LogP contribution in [0.2, 0.25) is 18.1 Å². The van der Waals surface area contributed by atoms with Gasteiger partial charge in [-0.2, -0.15) is 0 Å². The molecule has 51 heavy (non-hydrogen) atoms. The summed E-state index contributed by atoms with van der Waals surface area (Å²) in [5.41, 5.74) is 0. The Labute approximate surface area is 317 Å². The number of allylic oxidation sites excluding steroid dienone is 1. The van der Waals surface area contributed by atoms with Crippen molar-refractivity contribution >= 4 is 22.0 Å². The van der Waals surface area contributed by atoms with Crippen LogP contribution in [0.25, 0.3) is 0 Å². The first kappa shape index (κ1) is 48.5. The predicted octanol–water partition coefficient (Wildman–Crippen LogP) is 13.8. The van der Waals surface area contributed by atoms with E-state index in [-0.39, 0.29) is 30.8 Å². The second-order valence-electron chi connectivity index (χ2n) is 16.7. The number of carbonyl (C=O) groups is 1. The van der Waals surface area contributed by atoms with Crippen molar-refractivity contribution in [1.82, 2.24) is 5.32 Å². The van der Waals surface area contributed by atoms with Gasteiger partial charge >= 0.3 is 7.82 Å². The molecule has 0 radical (unpaired) electrons. The summed E-state index contributed by atoms with van der Waals surface area (Å²) in [6.07, 6.45) is 36.5. The number of phosphoric ester groups is 1. The minimum absolute atomic E-state index is 0.00367. The highest BCUT2D eigenvalue weighted by Gasteiger charge is 2.41. The quantitative estimate of drug-likeness (QED) is 0.0231. The summed E-state index contributed by atoms with van der Waals surface area (Å²) in [4.78, 5) is 13.3. The molecule has 0 bridgehead atoms. The van der Waals surface area contributed by atoms with E-state index in [9.17, 15) is 9.36 Å². The van der Waals surface area contributed by atoms with Crippen LogP contribution in [0.15, 0.2) is 12.2 Å². The van der Waals surface area contributed by atoms with Gasteiger partial charge in [0.25, 0.3) is 0 Å². The number of hydrogen-bond acceptors (Lipinski definition) is 6. The van der Waals surface area contributed by atoms with E-state index in [0.29, 0.717) is 6.42 Å². The molecule has 0 aromatic heterocycles. The number of carbonyl (C=O) groups excluding carboxylic acids is 1. The van der Waals surface area contributed by atoms with Gasteiger partial charge in [0.2, 0.25) is 5.91 Å². The lowest BCUT2D eigenvalue weighted by atomic mass is 10.0. The lowest BCUT2D eigenvalue weighted by Crippen LogP contribution is -2.52. The Balaban J connectivity index is 2.66. The topological polar surface area (TPSA) is 83.1 Å². The highest BCUT2D eigenvalue weighted by Crippen LogP contribution is 2.53. The molecule has 0 aliphatic carbocycles. The molecule has 1 aliphatic rings. The lowest BCUT2D eigenvalue weighted by molar-refractivity contribution is -0.122. The summed E-state index contributed by atoms with van der Waals surface area (Å²) in [6.45, 7) is 16.2. The molecule has 0 spiro atoms.